The maximum Gasteiger partial charge on any atom is 0.243 e. The summed E-state index contributed by atoms with van der Waals surface area (Å²) in [5.41, 5.74) is 4.12. The van der Waals surface area contributed by atoms with Gasteiger partial charge in [-0.25, -0.2) is 8.78 Å². The van der Waals surface area contributed by atoms with Crippen LogP contribution >= 0.6 is 0 Å². The normalized spacial score (nSPS) is 10.8. The van der Waals surface area contributed by atoms with Crippen LogP contribution in [0.2, 0.25) is 0 Å². The second kappa shape index (κ2) is 12.1. The van der Waals surface area contributed by atoms with E-state index in [1.807, 2.05) is 36.4 Å². The number of rotatable bonds is 11. The second-order valence-corrected chi connectivity index (χ2v) is 8.24. The lowest BCUT2D eigenvalue weighted by atomic mass is 9.96. The fourth-order valence-corrected chi connectivity index (χ4v) is 3.85. The number of carbonyl (C=O) groups is 1. The van der Waals surface area contributed by atoms with E-state index in [1.165, 1.54) is 24.5 Å². The van der Waals surface area contributed by atoms with Crippen molar-refractivity contribution in [2.24, 2.45) is 0 Å². The summed E-state index contributed by atoms with van der Waals surface area (Å²) in [5, 5.41) is 2.74. The van der Waals surface area contributed by atoms with Gasteiger partial charge >= 0.3 is 0 Å². The minimum absolute atomic E-state index is 0.186. The lowest BCUT2D eigenvalue weighted by Gasteiger charge is -2.11. The summed E-state index contributed by atoms with van der Waals surface area (Å²) in [6.07, 6.45) is 7.32. The molecule has 0 aliphatic heterocycles. The summed E-state index contributed by atoms with van der Waals surface area (Å²) < 4.78 is 29.9. The monoisotopic (exact) mass is 447 g/mol. The first-order chi connectivity index (χ1) is 16.0. The van der Waals surface area contributed by atoms with Gasteiger partial charge in [0.25, 0.3) is 0 Å². The first kappa shape index (κ1) is 24.4. The topological polar surface area (TPSA) is 29.1 Å². The highest BCUT2D eigenvalue weighted by Gasteiger charge is 2.16. The number of unbranched alkanes of at least 4 members (excludes halogenated alkanes) is 2. The molecule has 0 bridgehead atoms. The van der Waals surface area contributed by atoms with Gasteiger partial charge in [0.05, 0.1) is 0 Å². The average molecular weight is 448 g/mol. The van der Waals surface area contributed by atoms with Gasteiger partial charge in [0, 0.05) is 17.7 Å². The number of hydrogen-bond donors (Lipinski definition) is 1. The molecule has 0 saturated heterocycles. The van der Waals surface area contributed by atoms with Crippen molar-refractivity contribution in [2.75, 3.05) is 6.54 Å². The fourth-order valence-electron chi connectivity index (χ4n) is 3.85. The number of halogens is 2. The molecule has 33 heavy (non-hydrogen) atoms. The Morgan fingerprint density at radius 1 is 0.788 bits per heavy atom. The van der Waals surface area contributed by atoms with Gasteiger partial charge in [0.1, 0.15) is 0 Å². The molecule has 0 aliphatic rings. The van der Waals surface area contributed by atoms with E-state index < -0.39 is 11.6 Å². The van der Waals surface area contributed by atoms with Gasteiger partial charge in [-0.05, 0) is 54.0 Å². The molecule has 1 N–H and O–H groups in total. The van der Waals surface area contributed by atoms with Gasteiger partial charge in [-0.3, -0.25) is 4.79 Å². The third-order valence-electron chi connectivity index (χ3n) is 5.81. The highest BCUT2D eigenvalue weighted by Crippen LogP contribution is 2.32. The molecule has 3 rings (SSSR count). The highest BCUT2D eigenvalue weighted by molar-refractivity contribution is 5.86. The standard InChI is InChI=1S/C29H31F2NO/c1-3-5-6-8-21-10-14-23(15-11-21)25-18-19-26(29(31)28(25)30)24-16-12-22(13-17-24)9-7-20-32-27(33)4-2/h4,10-19H,2-3,5-9,20H2,1H3,(H,32,33). The number of aryl methyl sites for hydroxylation is 2. The van der Waals surface area contributed by atoms with Crippen LogP contribution in [0.1, 0.15) is 43.7 Å². The van der Waals surface area contributed by atoms with Crippen LogP contribution < -0.4 is 5.32 Å². The van der Waals surface area contributed by atoms with Crippen LogP contribution in [0.5, 0.6) is 0 Å². The summed E-state index contributed by atoms with van der Waals surface area (Å²) in [6.45, 7) is 6.16. The Balaban J connectivity index is 1.68. The zero-order valence-corrected chi connectivity index (χ0v) is 19.2. The molecule has 2 nitrogen and oxygen atoms in total. The van der Waals surface area contributed by atoms with Gasteiger partial charge < -0.3 is 5.32 Å². The summed E-state index contributed by atoms with van der Waals surface area (Å²) in [6, 6.07) is 18.4. The molecular formula is C29H31F2NO. The van der Waals surface area contributed by atoms with E-state index in [4.69, 9.17) is 0 Å². The molecule has 0 spiro atoms. The van der Waals surface area contributed by atoms with Crippen molar-refractivity contribution in [3.8, 4) is 22.3 Å². The predicted octanol–water partition coefficient (Wildman–Crippen LogP) is 7.27. The van der Waals surface area contributed by atoms with E-state index >= 15 is 0 Å². The molecule has 0 atom stereocenters. The predicted molar refractivity (Wildman–Crippen MR) is 132 cm³/mol. The smallest absolute Gasteiger partial charge is 0.243 e. The summed E-state index contributed by atoms with van der Waals surface area (Å²) in [4.78, 5) is 11.2. The molecule has 0 unspecified atom stereocenters. The van der Waals surface area contributed by atoms with E-state index in [0.29, 0.717) is 17.7 Å². The van der Waals surface area contributed by atoms with Gasteiger partial charge in [-0.1, -0.05) is 87.0 Å². The van der Waals surface area contributed by atoms with E-state index in [1.54, 1.807) is 24.3 Å². The Kier molecular flexibility index (Phi) is 8.94. The SMILES string of the molecule is C=CC(=O)NCCCc1ccc(-c2ccc(-c3ccc(CCCCC)cc3)c(F)c2F)cc1. The largest absolute Gasteiger partial charge is 0.353 e. The van der Waals surface area contributed by atoms with Crippen LogP contribution in [0.25, 0.3) is 22.3 Å². The van der Waals surface area contributed by atoms with Crippen LogP contribution in [-0.2, 0) is 17.6 Å². The maximum absolute atomic E-state index is 15.0. The molecule has 3 aromatic rings. The minimum atomic E-state index is -0.834. The van der Waals surface area contributed by atoms with E-state index in [-0.39, 0.29) is 17.0 Å². The lowest BCUT2D eigenvalue weighted by molar-refractivity contribution is -0.116. The highest BCUT2D eigenvalue weighted by atomic mass is 19.2. The van der Waals surface area contributed by atoms with Crippen LogP contribution in [0.15, 0.2) is 73.3 Å². The van der Waals surface area contributed by atoms with Crippen molar-refractivity contribution in [1.29, 1.82) is 0 Å². The fraction of sp³-hybridized carbons (Fsp3) is 0.276. The summed E-state index contributed by atoms with van der Waals surface area (Å²) >= 11 is 0. The number of carbonyl (C=O) groups excluding carboxylic acids is 1. The van der Waals surface area contributed by atoms with Crippen LogP contribution in [0.4, 0.5) is 8.78 Å². The molecule has 0 fully saturated rings. The summed E-state index contributed by atoms with van der Waals surface area (Å²) in [7, 11) is 0. The van der Waals surface area contributed by atoms with Gasteiger partial charge in [-0.15, -0.1) is 0 Å². The molecule has 0 radical (unpaired) electrons. The van der Waals surface area contributed by atoms with Crippen LogP contribution in [-0.4, -0.2) is 12.5 Å². The molecule has 3 aromatic carbocycles. The van der Waals surface area contributed by atoms with Crippen LogP contribution in [0, 0.1) is 11.6 Å². The Hall–Kier alpha value is -3.27. The van der Waals surface area contributed by atoms with Gasteiger partial charge in [0.2, 0.25) is 5.91 Å². The third-order valence-corrected chi connectivity index (χ3v) is 5.81. The van der Waals surface area contributed by atoms with Gasteiger partial charge in [0.15, 0.2) is 11.6 Å². The zero-order valence-electron chi connectivity index (χ0n) is 19.2. The molecular weight excluding hydrogens is 416 g/mol. The van der Waals surface area contributed by atoms with Crippen molar-refractivity contribution in [3.63, 3.8) is 0 Å². The van der Waals surface area contributed by atoms with Crippen molar-refractivity contribution in [2.45, 2.75) is 45.4 Å². The lowest BCUT2D eigenvalue weighted by Crippen LogP contribution is -2.22. The van der Waals surface area contributed by atoms with Crippen molar-refractivity contribution in [3.05, 3.63) is 96.1 Å². The van der Waals surface area contributed by atoms with E-state index in [2.05, 4.69) is 18.8 Å². The first-order valence-electron chi connectivity index (χ1n) is 11.6. The van der Waals surface area contributed by atoms with Crippen molar-refractivity contribution < 1.29 is 13.6 Å². The molecule has 0 aromatic heterocycles. The zero-order chi connectivity index (χ0) is 23.6. The van der Waals surface area contributed by atoms with E-state index in [9.17, 15) is 13.6 Å². The maximum atomic E-state index is 15.0. The molecule has 0 heterocycles. The molecule has 172 valence electrons. The Bertz CT molecular complexity index is 1070. The Morgan fingerprint density at radius 3 is 1.73 bits per heavy atom. The van der Waals surface area contributed by atoms with E-state index in [0.717, 1.165) is 31.2 Å². The van der Waals surface area contributed by atoms with Crippen LogP contribution in [0.3, 0.4) is 0 Å². The number of nitrogens with one attached hydrogen (secondary N) is 1. The Morgan fingerprint density at radius 2 is 1.27 bits per heavy atom. The van der Waals surface area contributed by atoms with Gasteiger partial charge in [-0.2, -0.15) is 0 Å². The summed E-state index contributed by atoms with van der Waals surface area (Å²) in [5.74, 6) is -1.85. The number of benzene rings is 3. The third kappa shape index (κ3) is 6.61. The molecule has 1 amide bonds. The average Bonchev–Trinajstić information content (AvgIpc) is 2.84. The minimum Gasteiger partial charge on any atom is -0.353 e. The molecule has 0 aliphatic carbocycles. The molecule has 0 saturated carbocycles. The quantitative estimate of drug-likeness (QED) is 0.243. The molecule has 4 heteroatoms. The number of hydrogen-bond acceptors (Lipinski definition) is 1. The Labute approximate surface area is 195 Å². The number of amides is 1. The first-order valence-corrected chi connectivity index (χ1v) is 11.6. The van der Waals surface area contributed by atoms with Crippen molar-refractivity contribution >= 4 is 5.91 Å². The second-order valence-electron chi connectivity index (χ2n) is 8.24. The van der Waals surface area contributed by atoms with Crippen molar-refractivity contribution in [1.82, 2.24) is 5.32 Å².